The fraction of sp³-hybridized carbons (Fsp3) is 0.611. The summed E-state index contributed by atoms with van der Waals surface area (Å²) in [7, 11) is 0. The summed E-state index contributed by atoms with van der Waals surface area (Å²) in [6.07, 6.45) is 4.22. The van der Waals surface area contributed by atoms with Crippen molar-refractivity contribution in [1.29, 1.82) is 0 Å². The van der Waals surface area contributed by atoms with Crippen molar-refractivity contribution in [3.63, 3.8) is 0 Å². The van der Waals surface area contributed by atoms with Gasteiger partial charge in [-0.2, -0.15) is 0 Å². The Morgan fingerprint density at radius 3 is 2.29 bits per heavy atom. The largest absolute Gasteiger partial charge is 0.334 e. The van der Waals surface area contributed by atoms with Gasteiger partial charge in [0, 0.05) is 12.6 Å². The number of hydrogen-bond acceptors (Lipinski definition) is 2. The van der Waals surface area contributed by atoms with E-state index in [0.717, 1.165) is 25.7 Å². The van der Waals surface area contributed by atoms with Gasteiger partial charge in [-0.05, 0) is 36.3 Å². The summed E-state index contributed by atoms with van der Waals surface area (Å²) in [5, 5.41) is 0. The average molecular weight is 288 g/mol. The number of nitrogens with two attached hydrogens (primary N) is 1. The van der Waals surface area contributed by atoms with Crippen molar-refractivity contribution < 1.29 is 4.79 Å². The maximum absolute atomic E-state index is 12.7. The molecular formula is C18H28N2O. The van der Waals surface area contributed by atoms with Gasteiger partial charge in [0.2, 0.25) is 5.91 Å². The second kappa shape index (κ2) is 7.08. The molecule has 1 unspecified atom stereocenters. The lowest BCUT2D eigenvalue weighted by Crippen LogP contribution is -2.47. The standard InChI is InChI=1S/C18H28N2O/c1-4-13(3)17(19)18(21)20(16-10-11-16)12-15-8-6-14(5-2)7-9-15/h6-9,13,16-17H,4-5,10-12,19H2,1-3H3/t13?,17-/m0/s1. The molecule has 1 fully saturated rings. The predicted molar refractivity (Wildman–Crippen MR) is 86.8 cm³/mol. The van der Waals surface area contributed by atoms with Crippen LogP contribution in [-0.2, 0) is 17.8 Å². The molecule has 1 aliphatic rings. The maximum Gasteiger partial charge on any atom is 0.240 e. The Morgan fingerprint density at radius 2 is 1.81 bits per heavy atom. The van der Waals surface area contributed by atoms with Crippen LogP contribution in [0.3, 0.4) is 0 Å². The normalized spacial score (nSPS) is 17.3. The van der Waals surface area contributed by atoms with Crippen molar-refractivity contribution in [3.8, 4) is 0 Å². The number of hydrogen-bond donors (Lipinski definition) is 1. The van der Waals surface area contributed by atoms with Gasteiger partial charge in [0.05, 0.1) is 6.04 Å². The van der Waals surface area contributed by atoms with Crippen LogP contribution in [0.25, 0.3) is 0 Å². The minimum Gasteiger partial charge on any atom is -0.334 e. The first-order valence-corrected chi connectivity index (χ1v) is 8.20. The highest BCUT2D eigenvalue weighted by atomic mass is 16.2. The van der Waals surface area contributed by atoms with Crippen LogP contribution in [0, 0.1) is 5.92 Å². The molecule has 0 saturated heterocycles. The summed E-state index contributed by atoms with van der Waals surface area (Å²) in [5.74, 6) is 0.354. The van der Waals surface area contributed by atoms with E-state index in [2.05, 4.69) is 45.0 Å². The van der Waals surface area contributed by atoms with Crippen molar-refractivity contribution in [2.45, 2.75) is 65.1 Å². The van der Waals surface area contributed by atoms with Crippen LogP contribution in [0.2, 0.25) is 0 Å². The summed E-state index contributed by atoms with van der Waals surface area (Å²) in [6, 6.07) is 8.61. The SMILES string of the molecule is CCc1ccc(CN(C(=O)[C@@H](N)C(C)CC)C2CC2)cc1. The third-order valence-electron chi connectivity index (χ3n) is 4.60. The van der Waals surface area contributed by atoms with Crippen molar-refractivity contribution in [3.05, 3.63) is 35.4 Å². The number of nitrogens with zero attached hydrogens (tertiary/aromatic N) is 1. The van der Waals surface area contributed by atoms with E-state index in [1.165, 1.54) is 11.1 Å². The summed E-state index contributed by atoms with van der Waals surface area (Å²) < 4.78 is 0. The molecule has 1 amide bonds. The van der Waals surface area contributed by atoms with E-state index in [0.29, 0.717) is 12.6 Å². The van der Waals surface area contributed by atoms with E-state index in [9.17, 15) is 4.79 Å². The molecule has 0 spiro atoms. The average Bonchev–Trinajstić information content (AvgIpc) is 3.35. The number of carbonyl (C=O) groups is 1. The number of aryl methyl sites for hydroxylation is 1. The Kier molecular flexibility index (Phi) is 5.40. The van der Waals surface area contributed by atoms with Crippen LogP contribution in [0.5, 0.6) is 0 Å². The zero-order chi connectivity index (χ0) is 15.4. The van der Waals surface area contributed by atoms with Gasteiger partial charge in [-0.1, -0.05) is 51.5 Å². The monoisotopic (exact) mass is 288 g/mol. The summed E-state index contributed by atoms with van der Waals surface area (Å²) >= 11 is 0. The molecule has 1 aromatic carbocycles. The zero-order valence-electron chi connectivity index (χ0n) is 13.5. The Hall–Kier alpha value is -1.35. The summed E-state index contributed by atoms with van der Waals surface area (Å²) in [4.78, 5) is 14.7. The Morgan fingerprint density at radius 1 is 1.24 bits per heavy atom. The van der Waals surface area contributed by atoms with Gasteiger partial charge in [-0.15, -0.1) is 0 Å². The van der Waals surface area contributed by atoms with E-state index in [4.69, 9.17) is 5.73 Å². The van der Waals surface area contributed by atoms with Gasteiger partial charge in [0.1, 0.15) is 0 Å². The minimum atomic E-state index is -0.370. The molecule has 0 bridgehead atoms. The Bertz CT molecular complexity index is 465. The quantitative estimate of drug-likeness (QED) is 0.838. The van der Waals surface area contributed by atoms with E-state index in [-0.39, 0.29) is 17.9 Å². The van der Waals surface area contributed by atoms with Gasteiger partial charge < -0.3 is 10.6 Å². The molecule has 116 valence electrons. The highest BCUT2D eigenvalue weighted by Gasteiger charge is 2.35. The lowest BCUT2D eigenvalue weighted by Gasteiger charge is -2.28. The second-order valence-electron chi connectivity index (χ2n) is 6.28. The molecule has 21 heavy (non-hydrogen) atoms. The van der Waals surface area contributed by atoms with Gasteiger partial charge in [0.25, 0.3) is 0 Å². The number of amides is 1. The van der Waals surface area contributed by atoms with Gasteiger partial charge >= 0.3 is 0 Å². The topological polar surface area (TPSA) is 46.3 Å². The van der Waals surface area contributed by atoms with Crippen molar-refractivity contribution in [1.82, 2.24) is 4.90 Å². The molecule has 0 aromatic heterocycles. The molecule has 0 radical (unpaired) electrons. The van der Waals surface area contributed by atoms with Crippen LogP contribution in [-0.4, -0.2) is 22.9 Å². The highest BCUT2D eigenvalue weighted by molar-refractivity contribution is 5.82. The maximum atomic E-state index is 12.7. The van der Waals surface area contributed by atoms with Crippen molar-refractivity contribution in [2.24, 2.45) is 11.7 Å². The van der Waals surface area contributed by atoms with Gasteiger partial charge in [-0.25, -0.2) is 0 Å². The fourth-order valence-electron chi connectivity index (χ4n) is 2.54. The molecule has 3 heteroatoms. The molecule has 0 heterocycles. The molecule has 2 rings (SSSR count). The minimum absolute atomic E-state index is 0.117. The summed E-state index contributed by atoms with van der Waals surface area (Å²) in [6.45, 7) is 6.99. The van der Waals surface area contributed by atoms with Gasteiger partial charge in [0.15, 0.2) is 0 Å². The molecule has 0 aliphatic heterocycles. The van der Waals surface area contributed by atoms with E-state index >= 15 is 0 Å². The highest BCUT2D eigenvalue weighted by Crippen LogP contribution is 2.29. The molecule has 3 nitrogen and oxygen atoms in total. The van der Waals surface area contributed by atoms with Crippen molar-refractivity contribution in [2.75, 3.05) is 0 Å². The van der Waals surface area contributed by atoms with Crippen LogP contribution < -0.4 is 5.73 Å². The molecule has 2 atom stereocenters. The smallest absolute Gasteiger partial charge is 0.240 e. The molecular weight excluding hydrogens is 260 g/mol. The van der Waals surface area contributed by atoms with E-state index in [1.54, 1.807) is 0 Å². The number of rotatable bonds is 7. The number of benzene rings is 1. The van der Waals surface area contributed by atoms with E-state index < -0.39 is 0 Å². The lowest BCUT2D eigenvalue weighted by molar-refractivity contribution is -0.135. The summed E-state index contributed by atoms with van der Waals surface area (Å²) in [5.41, 5.74) is 8.68. The third-order valence-corrected chi connectivity index (χ3v) is 4.60. The first kappa shape index (κ1) is 16.0. The Balaban J connectivity index is 2.06. The number of carbonyl (C=O) groups excluding carboxylic acids is 1. The molecule has 2 N–H and O–H groups in total. The van der Waals surface area contributed by atoms with E-state index in [1.807, 2.05) is 4.90 Å². The lowest BCUT2D eigenvalue weighted by atomic mass is 9.98. The van der Waals surface area contributed by atoms with Crippen LogP contribution in [0.1, 0.15) is 51.2 Å². The van der Waals surface area contributed by atoms with Crippen LogP contribution in [0.4, 0.5) is 0 Å². The molecule has 1 aliphatic carbocycles. The van der Waals surface area contributed by atoms with Crippen LogP contribution >= 0.6 is 0 Å². The predicted octanol–water partition coefficient (Wildman–Crippen LogP) is 3.11. The Labute approximate surface area is 128 Å². The first-order chi connectivity index (χ1) is 10.1. The molecule has 1 saturated carbocycles. The first-order valence-electron chi connectivity index (χ1n) is 8.20. The third kappa shape index (κ3) is 4.07. The second-order valence-corrected chi connectivity index (χ2v) is 6.28. The van der Waals surface area contributed by atoms with Gasteiger partial charge in [-0.3, -0.25) is 4.79 Å². The molecule has 1 aromatic rings. The zero-order valence-corrected chi connectivity index (χ0v) is 13.5. The van der Waals surface area contributed by atoms with Crippen LogP contribution in [0.15, 0.2) is 24.3 Å². The fourth-order valence-corrected chi connectivity index (χ4v) is 2.54. The van der Waals surface area contributed by atoms with Crippen molar-refractivity contribution >= 4 is 5.91 Å².